The Kier molecular flexibility index (Phi) is 4.27. The Labute approximate surface area is 124 Å². The summed E-state index contributed by atoms with van der Waals surface area (Å²) in [5.74, 6) is 1.16. The van der Waals surface area contributed by atoms with Crippen LogP contribution in [0.15, 0.2) is 12.1 Å². The van der Waals surface area contributed by atoms with Crippen LogP contribution in [0, 0.1) is 0 Å². The summed E-state index contributed by atoms with van der Waals surface area (Å²) >= 11 is 0. The molecular formula is C15H21NO5. The summed E-state index contributed by atoms with van der Waals surface area (Å²) in [5, 5.41) is 9.98. The molecule has 2 rings (SSSR count). The number of ether oxygens (including phenoxy) is 3. The fourth-order valence-corrected chi connectivity index (χ4v) is 2.51. The van der Waals surface area contributed by atoms with Crippen molar-refractivity contribution in [3.8, 4) is 17.2 Å². The first-order chi connectivity index (χ1) is 9.91. The SMILES string of the molecule is COc1cc(C(=O)N2CCC(C)(O)C2)cc(OC)c1OC. The maximum Gasteiger partial charge on any atom is 0.254 e. The zero-order valence-corrected chi connectivity index (χ0v) is 12.8. The third-order valence-electron chi connectivity index (χ3n) is 3.65. The average molecular weight is 295 g/mol. The normalized spacial score (nSPS) is 21.3. The molecule has 0 radical (unpaired) electrons. The molecule has 0 saturated carbocycles. The van der Waals surface area contributed by atoms with Gasteiger partial charge in [0.25, 0.3) is 5.91 Å². The van der Waals surface area contributed by atoms with Crippen LogP contribution in [0.2, 0.25) is 0 Å². The number of β-amino-alcohol motifs (C(OH)–C–C–N with tert-alkyl or cyclic N) is 1. The second-order valence-corrected chi connectivity index (χ2v) is 5.39. The average Bonchev–Trinajstić information content (AvgIpc) is 2.84. The molecule has 1 amide bonds. The lowest BCUT2D eigenvalue weighted by molar-refractivity contribution is 0.0572. The van der Waals surface area contributed by atoms with Gasteiger partial charge in [0, 0.05) is 18.7 Å². The van der Waals surface area contributed by atoms with Crippen LogP contribution in [-0.4, -0.2) is 55.9 Å². The molecule has 6 heteroatoms. The summed E-state index contributed by atoms with van der Waals surface area (Å²) in [6.07, 6.45) is 0.573. The quantitative estimate of drug-likeness (QED) is 0.907. The zero-order chi connectivity index (χ0) is 15.6. The van der Waals surface area contributed by atoms with Crippen molar-refractivity contribution in [3.05, 3.63) is 17.7 Å². The largest absolute Gasteiger partial charge is 0.493 e. The minimum Gasteiger partial charge on any atom is -0.493 e. The van der Waals surface area contributed by atoms with Crippen LogP contribution in [0.5, 0.6) is 17.2 Å². The highest BCUT2D eigenvalue weighted by Gasteiger charge is 2.34. The molecule has 21 heavy (non-hydrogen) atoms. The minimum absolute atomic E-state index is 0.160. The van der Waals surface area contributed by atoms with E-state index in [1.54, 1.807) is 24.0 Å². The van der Waals surface area contributed by atoms with Gasteiger partial charge in [-0.1, -0.05) is 0 Å². The Bertz CT molecular complexity index is 516. The summed E-state index contributed by atoms with van der Waals surface area (Å²) in [6.45, 7) is 2.58. The second-order valence-electron chi connectivity index (χ2n) is 5.39. The van der Waals surface area contributed by atoms with Crippen LogP contribution in [0.3, 0.4) is 0 Å². The Balaban J connectivity index is 2.34. The van der Waals surface area contributed by atoms with Gasteiger partial charge in [0.2, 0.25) is 5.75 Å². The summed E-state index contributed by atoms with van der Waals surface area (Å²) in [6, 6.07) is 3.24. The number of rotatable bonds is 4. The number of carbonyl (C=O) groups excluding carboxylic acids is 1. The van der Waals surface area contributed by atoms with E-state index in [-0.39, 0.29) is 5.91 Å². The highest BCUT2D eigenvalue weighted by atomic mass is 16.5. The molecule has 1 aromatic carbocycles. The van der Waals surface area contributed by atoms with E-state index in [9.17, 15) is 9.90 Å². The van der Waals surface area contributed by atoms with Crippen molar-refractivity contribution in [2.45, 2.75) is 18.9 Å². The fraction of sp³-hybridized carbons (Fsp3) is 0.533. The number of methoxy groups -OCH3 is 3. The van der Waals surface area contributed by atoms with Gasteiger partial charge in [0.1, 0.15) is 0 Å². The van der Waals surface area contributed by atoms with E-state index in [2.05, 4.69) is 0 Å². The van der Waals surface area contributed by atoms with E-state index < -0.39 is 5.60 Å². The van der Waals surface area contributed by atoms with Crippen LogP contribution < -0.4 is 14.2 Å². The topological polar surface area (TPSA) is 68.2 Å². The molecule has 116 valence electrons. The van der Waals surface area contributed by atoms with Gasteiger partial charge in [-0.05, 0) is 25.5 Å². The minimum atomic E-state index is -0.823. The van der Waals surface area contributed by atoms with Crippen LogP contribution in [0.4, 0.5) is 0 Å². The summed E-state index contributed by atoms with van der Waals surface area (Å²) < 4.78 is 15.7. The van der Waals surface area contributed by atoms with Crippen molar-refractivity contribution >= 4 is 5.91 Å². The predicted molar refractivity (Wildman–Crippen MR) is 77.2 cm³/mol. The lowest BCUT2D eigenvalue weighted by Gasteiger charge is -2.20. The molecule has 1 heterocycles. The van der Waals surface area contributed by atoms with E-state index in [4.69, 9.17) is 14.2 Å². The number of hydrogen-bond acceptors (Lipinski definition) is 5. The molecule has 1 aliphatic heterocycles. The predicted octanol–water partition coefficient (Wildman–Crippen LogP) is 1.31. The van der Waals surface area contributed by atoms with E-state index in [1.165, 1.54) is 21.3 Å². The van der Waals surface area contributed by atoms with Crippen LogP contribution in [0.25, 0.3) is 0 Å². The third kappa shape index (κ3) is 3.05. The smallest absolute Gasteiger partial charge is 0.254 e. The van der Waals surface area contributed by atoms with Gasteiger partial charge < -0.3 is 24.2 Å². The van der Waals surface area contributed by atoms with Crippen LogP contribution in [0.1, 0.15) is 23.7 Å². The van der Waals surface area contributed by atoms with Crippen LogP contribution >= 0.6 is 0 Å². The number of amides is 1. The lowest BCUT2D eigenvalue weighted by atomic mass is 10.1. The molecule has 0 aliphatic carbocycles. The van der Waals surface area contributed by atoms with E-state index >= 15 is 0 Å². The summed E-state index contributed by atoms with van der Waals surface area (Å²) in [4.78, 5) is 14.2. The van der Waals surface area contributed by atoms with Gasteiger partial charge in [-0.25, -0.2) is 0 Å². The monoisotopic (exact) mass is 295 g/mol. The molecule has 6 nitrogen and oxygen atoms in total. The highest BCUT2D eigenvalue weighted by Crippen LogP contribution is 2.38. The molecule has 1 unspecified atom stereocenters. The number of carbonyl (C=O) groups is 1. The Morgan fingerprint density at radius 2 is 1.76 bits per heavy atom. The number of hydrogen-bond donors (Lipinski definition) is 1. The molecule has 1 fully saturated rings. The van der Waals surface area contributed by atoms with E-state index in [0.29, 0.717) is 42.3 Å². The molecule has 0 bridgehead atoms. The molecule has 0 spiro atoms. The van der Waals surface area contributed by atoms with Crippen molar-refractivity contribution in [1.29, 1.82) is 0 Å². The van der Waals surface area contributed by atoms with Gasteiger partial charge in [-0.3, -0.25) is 4.79 Å². The molecule has 1 aromatic rings. The zero-order valence-electron chi connectivity index (χ0n) is 12.8. The van der Waals surface area contributed by atoms with Gasteiger partial charge in [0.15, 0.2) is 11.5 Å². The molecule has 1 atom stereocenters. The van der Waals surface area contributed by atoms with Crippen molar-refractivity contribution in [1.82, 2.24) is 4.90 Å². The number of aliphatic hydroxyl groups is 1. The Hall–Kier alpha value is -1.95. The molecule has 1 saturated heterocycles. The molecule has 1 N–H and O–H groups in total. The summed E-state index contributed by atoms with van der Waals surface area (Å²) in [5.41, 5.74) is -0.377. The maximum atomic E-state index is 12.5. The first kappa shape index (κ1) is 15.4. The lowest BCUT2D eigenvalue weighted by Crippen LogP contribution is -2.33. The van der Waals surface area contributed by atoms with Gasteiger partial charge >= 0.3 is 0 Å². The van der Waals surface area contributed by atoms with Crippen LogP contribution in [-0.2, 0) is 0 Å². The maximum absolute atomic E-state index is 12.5. The van der Waals surface area contributed by atoms with E-state index in [0.717, 1.165) is 0 Å². The second kappa shape index (κ2) is 5.81. The number of benzene rings is 1. The fourth-order valence-electron chi connectivity index (χ4n) is 2.51. The standard InChI is InChI=1S/C15H21NO5/c1-15(18)5-6-16(9-15)14(17)10-7-11(19-2)13(21-4)12(8-10)20-3/h7-8,18H,5-6,9H2,1-4H3. The number of likely N-dealkylation sites (tertiary alicyclic amines) is 1. The summed E-state index contributed by atoms with van der Waals surface area (Å²) in [7, 11) is 4.53. The third-order valence-corrected chi connectivity index (χ3v) is 3.65. The van der Waals surface area contributed by atoms with Gasteiger partial charge in [0.05, 0.1) is 26.9 Å². The first-order valence-corrected chi connectivity index (χ1v) is 6.73. The number of nitrogens with zero attached hydrogens (tertiary/aromatic N) is 1. The molecule has 0 aromatic heterocycles. The molecular weight excluding hydrogens is 274 g/mol. The van der Waals surface area contributed by atoms with Crippen molar-refractivity contribution in [2.75, 3.05) is 34.4 Å². The Morgan fingerprint density at radius 3 is 2.14 bits per heavy atom. The van der Waals surface area contributed by atoms with Crippen molar-refractivity contribution < 1.29 is 24.1 Å². The Morgan fingerprint density at radius 1 is 1.19 bits per heavy atom. The van der Waals surface area contributed by atoms with Crippen molar-refractivity contribution in [2.24, 2.45) is 0 Å². The van der Waals surface area contributed by atoms with Gasteiger partial charge in [-0.2, -0.15) is 0 Å². The highest BCUT2D eigenvalue weighted by molar-refractivity contribution is 5.96. The van der Waals surface area contributed by atoms with E-state index in [1.807, 2.05) is 0 Å². The molecule has 1 aliphatic rings. The van der Waals surface area contributed by atoms with Crippen molar-refractivity contribution in [3.63, 3.8) is 0 Å². The first-order valence-electron chi connectivity index (χ1n) is 6.73. The van der Waals surface area contributed by atoms with Gasteiger partial charge in [-0.15, -0.1) is 0 Å².